The van der Waals surface area contributed by atoms with E-state index in [9.17, 15) is 26.8 Å². The number of hydrogen-bond acceptors (Lipinski definition) is 8. The molecule has 2 atom stereocenters. The van der Waals surface area contributed by atoms with E-state index in [1.807, 2.05) is 0 Å². The molecule has 11 heteroatoms. The zero-order chi connectivity index (χ0) is 23.1. The predicted molar refractivity (Wildman–Crippen MR) is 104 cm³/mol. The Morgan fingerprint density at radius 1 is 0.968 bits per heavy atom. The van der Waals surface area contributed by atoms with Gasteiger partial charge in [-0.3, -0.25) is 4.18 Å². The largest absolute Gasteiger partial charge is 0.459 e. The van der Waals surface area contributed by atoms with Crippen LogP contribution in [0, 0.1) is 0 Å². The Kier molecular flexibility index (Phi) is 8.20. The first-order valence-electron chi connectivity index (χ1n) is 8.88. The zero-order valence-corrected chi connectivity index (χ0v) is 17.1. The van der Waals surface area contributed by atoms with Crippen LogP contribution in [0.3, 0.4) is 0 Å². The monoisotopic (exact) mass is 458 g/mol. The summed E-state index contributed by atoms with van der Waals surface area (Å²) in [6.45, 7) is -2.78. The number of halogens is 2. The zero-order valence-electron chi connectivity index (χ0n) is 16.3. The van der Waals surface area contributed by atoms with Crippen LogP contribution in [0.5, 0.6) is 0 Å². The Hall–Kier alpha value is -2.89. The van der Waals surface area contributed by atoms with E-state index in [4.69, 9.17) is 14.6 Å². The van der Waals surface area contributed by atoms with Gasteiger partial charge in [0.05, 0.1) is 17.4 Å². The third kappa shape index (κ3) is 7.39. The minimum Gasteiger partial charge on any atom is -0.459 e. The number of ether oxygens (including phenoxy) is 2. The van der Waals surface area contributed by atoms with Crippen molar-refractivity contribution in [3.05, 3.63) is 71.8 Å². The molecular weight excluding hydrogens is 438 g/mol. The summed E-state index contributed by atoms with van der Waals surface area (Å²) in [6, 6.07) is 14.6. The number of benzene rings is 2. The van der Waals surface area contributed by atoms with Gasteiger partial charge in [0.15, 0.2) is 12.2 Å². The molecule has 0 saturated carbocycles. The van der Waals surface area contributed by atoms with Crippen molar-refractivity contribution in [2.45, 2.75) is 18.1 Å². The maximum Gasteiger partial charge on any atom is 0.338 e. The van der Waals surface area contributed by atoms with Crippen LogP contribution in [-0.4, -0.2) is 63.1 Å². The van der Waals surface area contributed by atoms with Crippen molar-refractivity contribution in [3.8, 4) is 0 Å². The van der Waals surface area contributed by atoms with E-state index in [0.29, 0.717) is 6.26 Å². The molecule has 8 nitrogen and oxygen atoms in total. The van der Waals surface area contributed by atoms with Crippen LogP contribution < -0.4 is 0 Å². The number of alkyl halides is 2. The molecule has 2 aromatic carbocycles. The smallest absolute Gasteiger partial charge is 0.338 e. The van der Waals surface area contributed by atoms with Gasteiger partial charge in [-0.2, -0.15) is 17.2 Å². The summed E-state index contributed by atoms with van der Waals surface area (Å²) in [5.41, 5.74) is -0.0204. The Bertz CT molecular complexity index is 981. The highest BCUT2D eigenvalue weighted by Crippen LogP contribution is 2.27. The van der Waals surface area contributed by atoms with Crippen LogP contribution in [0.1, 0.15) is 20.7 Å². The van der Waals surface area contributed by atoms with Gasteiger partial charge in [0.2, 0.25) is 0 Å². The average Bonchev–Trinajstić information content (AvgIpc) is 2.75. The molecule has 0 fully saturated rings. The normalized spacial score (nSPS) is 13.8. The predicted octanol–water partition coefficient (Wildman–Crippen LogP) is 2.04. The fraction of sp³-hybridized carbons (Fsp3) is 0.300. The number of carbonyl (C=O) groups is 2. The van der Waals surface area contributed by atoms with Crippen LogP contribution in [0.25, 0.3) is 0 Å². The summed E-state index contributed by atoms with van der Waals surface area (Å²) in [5.74, 6) is -6.27. The van der Waals surface area contributed by atoms with Crippen LogP contribution in [0.15, 0.2) is 60.7 Å². The minimum absolute atomic E-state index is 0.0763. The molecular formula is C20H20F2O8S. The second-order valence-corrected chi connectivity index (χ2v) is 8.02. The summed E-state index contributed by atoms with van der Waals surface area (Å²) in [4.78, 5) is 24.4. The first-order valence-corrected chi connectivity index (χ1v) is 10.7. The molecule has 0 heterocycles. The van der Waals surface area contributed by atoms with E-state index in [2.05, 4.69) is 4.18 Å². The summed E-state index contributed by atoms with van der Waals surface area (Å²) < 4.78 is 66.4. The van der Waals surface area contributed by atoms with Gasteiger partial charge in [-0.05, 0) is 24.3 Å². The molecule has 2 aromatic rings. The van der Waals surface area contributed by atoms with Crippen LogP contribution in [0.2, 0.25) is 0 Å². The lowest BCUT2D eigenvalue weighted by Gasteiger charge is -2.31. The molecule has 2 rings (SSSR count). The molecule has 0 saturated heterocycles. The Labute approximate surface area is 177 Å². The number of carbonyl (C=O) groups excluding carboxylic acids is 2. The average molecular weight is 458 g/mol. The Morgan fingerprint density at radius 2 is 1.45 bits per heavy atom. The highest BCUT2D eigenvalue weighted by Gasteiger charge is 2.49. The maximum atomic E-state index is 14.4. The summed E-state index contributed by atoms with van der Waals surface area (Å²) in [7, 11) is -4.35. The van der Waals surface area contributed by atoms with Gasteiger partial charge in [-0.15, -0.1) is 0 Å². The van der Waals surface area contributed by atoms with Gasteiger partial charge in [0, 0.05) is 0 Å². The topological polar surface area (TPSA) is 116 Å². The molecule has 0 spiro atoms. The number of aliphatic hydroxyl groups is 1. The maximum absolute atomic E-state index is 14.4. The molecule has 0 aliphatic heterocycles. The van der Waals surface area contributed by atoms with Gasteiger partial charge < -0.3 is 14.6 Å². The van der Waals surface area contributed by atoms with Gasteiger partial charge >= 0.3 is 17.9 Å². The van der Waals surface area contributed by atoms with E-state index in [1.54, 1.807) is 12.1 Å². The quantitative estimate of drug-likeness (QED) is 0.425. The van der Waals surface area contributed by atoms with Crippen LogP contribution >= 0.6 is 0 Å². The molecule has 168 valence electrons. The number of hydrogen-bond donors (Lipinski definition) is 1. The first-order chi connectivity index (χ1) is 14.5. The molecule has 0 unspecified atom stereocenters. The van der Waals surface area contributed by atoms with Crippen molar-refractivity contribution >= 4 is 22.1 Å². The van der Waals surface area contributed by atoms with Gasteiger partial charge in [0.25, 0.3) is 10.1 Å². The number of aliphatic hydroxyl groups excluding tert-OH is 1. The van der Waals surface area contributed by atoms with Crippen molar-refractivity contribution in [3.63, 3.8) is 0 Å². The van der Waals surface area contributed by atoms with Gasteiger partial charge in [-0.1, -0.05) is 36.4 Å². The highest BCUT2D eigenvalue weighted by molar-refractivity contribution is 7.86. The fourth-order valence-corrected chi connectivity index (χ4v) is 3.09. The summed E-state index contributed by atoms with van der Waals surface area (Å²) >= 11 is 0. The molecule has 1 N–H and O–H groups in total. The van der Waals surface area contributed by atoms with E-state index >= 15 is 0 Å². The highest BCUT2D eigenvalue weighted by atomic mass is 32.2. The molecule has 0 aliphatic carbocycles. The van der Waals surface area contributed by atoms with Crippen molar-refractivity contribution in [2.24, 2.45) is 0 Å². The second kappa shape index (κ2) is 10.4. The number of rotatable bonds is 10. The summed E-state index contributed by atoms with van der Waals surface area (Å²) in [5, 5.41) is 9.10. The molecule has 0 aliphatic rings. The Balaban J connectivity index is 2.29. The molecule has 0 amide bonds. The Morgan fingerprint density at radius 3 is 1.90 bits per heavy atom. The lowest BCUT2D eigenvalue weighted by molar-refractivity contribution is -0.174. The third-order valence-electron chi connectivity index (χ3n) is 3.89. The molecule has 31 heavy (non-hydrogen) atoms. The third-order valence-corrected chi connectivity index (χ3v) is 4.49. The van der Waals surface area contributed by atoms with Crippen molar-refractivity contribution in [2.75, 3.05) is 19.5 Å². The van der Waals surface area contributed by atoms with Crippen LogP contribution in [-0.2, 0) is 23.8 Å². The van der Waals surface area contributed by atoms with Crippen molar-refractivity contribution in [1.29, 1.82) is 0 Å². The molecule has 0 aromatic heterocycles. The van der Waals surface area contributed by atoms with E-state index in [0.717, 1.165) is 0 Å². The van der Waals surface area contributed by atoms with Gasteiger partial charge in [0.1, 0.15) is 13.2 Å². The fourth-order valence-electron chi connectivity index (χ4n) is 2.49. The van der Waals surface area contributed by atoms with Gasteiger partial charge in [-0.25, -0.2) is 9.59 Å². The first kappa shape index (κ1) is 24.4. The standard InChI is InChI=1S/C20H20F2O8S/c1-31(26,27)30-16(12-28-18(24)14-8-4-2-5-9-14)17(20(21,22)13-23)29-19(25)15-10-6-3-7-11-15/h2-11,16-17,23H,12-13H2,1H3/t16-,17-/m1/s1. The second-order valence-electron chi connectivity index (χ2n) is 6.41. The summed E-state index contributed by atoms with van der Waals surface area (Å²) in [6.07, 6.45) is -4.12. The minimum atomic E-state index is -4.35. The lowest BCUT2D eigenvalue weighted by atomic mass is 10.1. The lowest BCUT2D eigenvalue weighted by Crippen LogP contribution is -2.51. The molecule has 0 bridgehead atoms. The van der Waals surface area contributed by atoms with E-state index in [-0.39, 0.29) is 11.1 Å². The van der Waals surface area contributed by atoms with E-state index in [1.165, 1.54) is 48.5 Å². The van der Waals surface area contributed by atoms with Crippen molar-refractivity contribution < 1.29 is 45.6 Å². The van der Waals surface area contributed by atoms with Crippen molar-refractivity contribution in [1.82, 2.24) is 0 Å². The molecule has 0 radical (unpaired) electrons. The SMILES string of the molecule is CS(=O)(=O)O[C@H](COC(=O)c1ccccc1)[C@@H](OC(=O)c1ccccc1)C(F)(F)CO. The number of esters is 2. The van der Waals surface area contributed by atoms with Crippen LogP contribution in [0.4, 0.5) is 8.78 Å². The van der Waals surface area contributed by atoms with E-state index < -0.39 is 53.4 Å².